The van der Waals surface area contributed by atoms with E-state index in [9.17, 15) is 27.9 Å². The molecule has 8 heteroatoms. The van der Waals surface area contributed by atoms with Crippen LogP contribution in [-0.2, 0) is 4.79 Å². The average molecular weight is 346 g/mol. The highest BCUT2D eigenvalue weighted by Crippen LogP contribution is 2.19. The molecular formula is C16H21F3N2O3. The van der Waals surface area contributed by atoms with Gasteiger partial charge >= 0.3 is 6.18 Å². The molecule has 0 aliphatic rings. The molecule has 0 bridgehead atoms. The maximum absolute atomic E-state index is 12.1. The molecule has 1 atom stereocenters. The number of amides is 2. The molecule has 0 aliphatic carbocycles. The van der Waals surface area contributed by atoms with Crippen LogP contribution in [0.5, 0.6) is 0 Å². The molecule has 0 radical (unpaired) electrons. The van der Waals surface area contributed by atoms with Gasteiger partial charge in [-0.25, -0.2) is 0 Å². The molecule has 3 N–H and O–H groups in total. The minimum Gasteiger partial charge on any atom is -0.392 e. The summed E-state index contributed by atoms with van der Waals surface area (Å²) in [7, 11) is 0. The smallest absolute Gasteiger partial charge is 0.392 e. The molecule has 5 nitrogen and oxygen atoms in total. The maximum atomic E-state index is 12.1. The molecule has 2 amide bonds. The molecule has 0 fully saturated rings. The Kier molecular flexibility index (Phi) is 6.77. The van der Waals surface area contributed by atoms with Gasteiger partial charge in [-0.3, -0.25) is 9.59 Å². The third-order valence-corrected chi connectivity index (χ3v) is 3.39. The summed E-state index contributed by atoms with van der Waals surface area (Å²) in [5.41, 5.74) is 0.968. The molecule has 1 aromatic rings. The van der Waals surface area contributed by atoms with Crippen LogP contribution in [0.25, 0.3) is 0 Å². The molecule has 0 spiro atoms. The molecule has 24 heavy (non-hydrogen) atoms. The summed E-state index contributed by atoms with van der Waals surface area (Å²) in [6.45, 7) is 3.80. The van der Waals surface area contributed by atoms with Crippen molar-refractivity contribution in [3.8, 4) is 0 Å². The molecule has 0 heterocycles. The van der Waals surface area contributed by atoms with Crippen molar-refractivity contribution >= 4 is 17.5 Å². The lowest BCUT2D eigenvalue weighted by atomic mass is 10.0. The zero-order valence-electron chi connectivity index (χ0n) is 13.7. The van der Waals surface area contributed by atoms with Crippen LogP contribution in [0.3, 0.4) is 0 Å². The van der Waals surface area contributed by atoms with E-state index in [0.29, 0.717) is 11.3 Å². The van der Waals surface area contributed by atoms with Gasteiger partial charge in [0.25, 0.3) is 5.91 Å². The maximum Gasteiger partial charge on any atom is 0.405 e. The summed E-state index contributed by atoms with van der Waals surface area (Å²) >= 11 is 0. The lowest BCUT2D eigenvalue weighted by molar-refractivity contribution is -0.123. The van der Waals surface area contributed by atoms with E-state index in [2.05, 4.69) is 5.32 Å². The predicted octanol–water partition coefficient (Wildman–Crippen LogP) is 2.63. The molecule has 1 rings (SSSR count). The molecule has 134 valence electrons. The Hall–Kier alpha value is -2.09. The number of aliphatic hydroxyl groups excluding tert-OH is 1. The largest absolute Gasteiger partial charge is 0.405 e. The molecular weight excluding hydrogens is 325 g/mol. The summed E-state index contributed by atoms with van der Waals surface area (Å²) in [5, 5.41) is 14.0. The monoisotopic (exact) mass is 346 g/mol. The molecule has 1 unspecified atom stereocenters. The molecule has 0 aromatic heterocycles. The number of carbonyl (C=O) groups is 2. The van der Waals surface area contributed by atoms with Crippen LogP contribution in [-0.4, -0.2) is 35.7 Å². The molecule has 0 saturated heterocycles. The summed E-state index contributed by atoms with van der Waals surface area (Å²) in [4.78, 5) is 23.6. The van der Waals surface area contributed by atoms with Gasteiger partial charge in [-0.15, -0.1) is 0 Å². The summed E-state index contributed by atoms with van der Waals surface area (Å²) in [5.74, 6) is -1.41. The molecule has 0 aliphatic heterocycles. The van der Waals surface area contributed by atoms with Crippen molar-refractivity contribution in [2.24, 2.45) is 5.92 Å². The zero-order chi connectivity index (χ0) is 18.5. The minimum absolute atomic E-state index is 0.00422. The van der Waals surface area contributed by atoms with Crippen LogP contribution in [0.2, 0.25) is 0 Å². The van der Waals surface area contributed by atoms with Crippen molar-refractivity contribution in [3.05, 3.63) is 29.3 Å². The lowest BCUT2D eigenvalue weighted by Gasteiger charge is -2.15. The van der Waals surface area contributed by atoms with Crippen molar-refractivity contribution in [3.63, 3.8) is 0 Å². The van der Waals surface area contributed by atoms with E-state index >= 15 is 0 Å². The fourth-order valence-electron chi connectivity index (χ4n) is 1.81. The number of hydrogen-bond donors (Lipinski definition) is 3. The molecule has 0 saturated carbocycles. The first-order chi connectivity index (χ1) is 11.0. The molecule has 1 aromatic carbocycles. The van der Waals surface area contributed by atoms with Crippen LogP contribution in [0.1, 0.15) is 36.2 Å². The van der Waals surface area contributed by atoms with Crippen LogP contribution in [0.4, 0.5) is 18.9 Å². The second-order valence-corrected chi connectivity index (χ2v) is 5.89. The van der Waals surface area contributed by atoms with Gasteiger partial charge in [0, 0.05) is 11.3 Å². The number of carbonyl (C=O) groups excluding carboxylic acids is 2. The van der Waals surface area contributed by atoms with Gasteiger partial charge in [0.05, 0.1) is 12.5 Å². The third-order valence-electron chi connectivity index (χ3n) is 3.39. The standard InChI is InChI=1S/C16H21F3N2O3/c1-9(2)13(22)7-14(23)21-12-6-11(5-4-10(12)3)15(24)20-8-16(17,18)19/h4-6,9,13,22H,7-8H2,1-3H3,(H,20,24)(H,21,23). The Morgan fingerprint density at radius 1 is 1.25 bits per heavy atom. The zero-order valence-corrected chi connectivity index (χ0v) is 13.7. The average Bonchev–Trinajstić information content (AvgIpc) is 2.46. The number of anilines is 1. The highest BCUT2D eigenvalue weighted by molar-refractivity contribution is 5.97. The van der Waals surface area contributed by atoms with Gasteiger partial charge in [-0.1, -0.05) is 19.9 Å². The lowest BCUT2D eigenvalue weighted by Crippen LogP contribution is -2.33. The first-order valence-electron chi connectivity index (χ1n) is 7.43. The van der Waals surface area contributed by atoms with Crippen LogP contribution in [0.15, 0.2) is 18.2 Å². The summed E-state index contributed by atoms with van der Waals surface area (Å²) in [6, 6.07) is 4.21. The van der Waals surface area contributed by atoms with Gasteiger partial charge in [-0.05, 0) is 30.5 Å². The quantitative estimate of drug-likeness (QED) is 0.741. The van der Waals surface area contributed by atoms with Gasteiger partial charge in [0.15, 0.2) is 0 Å². The van der Waals surface area contributed by atoms with Gasteiger partial charge in [0.2, 0.25) is 5.91 Å². The van der Waals surface area contributed by atoms with E-state index in [-0.39, 0.29) is 17.9 Å². The van der Waals surface area contributed by atoms with E-state index in [1.165, 1.54) is 18.2 Å². The number of aryl methyl sites for hydroxylation is 1. The Balaban J connectivity index is 2.79. The van der Waals surface area contributed by atoms with Crippen molar-refractivity contribution in [1.82, 2.24) is 5.32 Å². The number of alkyl halides is 3. The summed E-state index contributed by atoms with van der Waals surface area (Å²) in [6.07, 6.45) is -5.41. The van der Waals surface area contributed by atoms with Gasteiger partial charge in [0.1, 0.15) is 6.54 Å². The first kappa shape index (κ1) is 20.0. The normalized spacial score (nSPS) is 12.8. The minimum atomic E-state index is -4.50. The van der Waals surface area contributed by atoms with E-state index in [4.69, 9.17) is 0 Å². The Bertz CT molecular complexity index is 601. The number of nitrogens with one attached hydrogen (secondary N) is 2. The number of hydrogen-bond acceptors (Lipinski definition) is 3. The van der Waals surface area contributed by atoms with E-state index in [1.807, 2.05) is 0 Å². The fraction of sp³-hybridized carbons (Fsp3) is 0.500. The third kappa shape index (κ3) is 6.57. The topological polar surface area (TPSA) is 78.4 Å². The van der Waals surface area contributed by atoms with E-state index < -0.39 is 30.6 Å². The predicted molar refractivity (Wildman–Crippen MR) is 83.7 cm³/mol. The number of halogens is 3. The van der Waals surface area contributed by atoms with Crippen LogP contribution < -0.4 is 10.6 Å². The van der Waals surface area contributed by atoms with Crippen molar-refractivity contribution < 1.29 is 27.9 Å². The van der Waals surface area contributed by atoms with Crippen LogP contribution >= 0.6 is 0 Å². The van der Waals surface area contributed by atoms with E-state index in [1.54, 1.807) is 26.1 Å². The first-order valence-corrected chi connectivity index (χ1v) is 7.43. The van der Waals surface area contributed by atoms with Gasteiger partial charge < -0.3 is 15.7 Å². The Morgan fingerprint density at radius 3 is 2.42 bits per heavy atom. The van der Waals surface area contributed by atoms with Gasteiger partial charge in [-0.2, -0.15) is 13.2 Å². The number of benzene rings is 1. The second kappa shape index (κ2) is 8.14. The van der Waals surface area contributed by atoms with Crippen molar-refractivity contribution in [1.29, 1.82) is 0 Å². The second-order valence-electron chi connectivity index (χ2n) is 5.89. The Labute approximate surface area is 138 Å². The number of aliphatic hydroxyl groups is 1. The van der Waals surface area contributed by atoms with Crippen molar-refractivity contribution in [2.45, 2.75) is 39.5 Å². The van der Waals surface area contributed by atoms with E-state index in [0.717, 1.165) is 0 Å². The van der Waals surface area contributed by atoms with Crippen molar-refractivity contribution in [2.75, 3.05) is 11.9 Å². The summed E-state index contributed by atoms with van der Waals surface area (Å²) < 4.78 is 36.4. The highest BCUT2D eigenvalue weighted by Gasteiger charge is 2.28. The highest BCUT2D eigenvalue weighted by atomic mass is 19.4. The fourth-order valence-corrected chi connectivity index (χ4v) is 1.81. The van der Waals surface area contributed by atoms with Crippen LogP contribution in [0, 0.1) is 12.8 Å². The SMILES string of the molecule is Cc1ccc(C(=O)NCC(F)(F)F)cc1NC(=O)CC(O)C(C)C. The Morgan fingerprint density at radius 2 is 1.88 bits per heavy atom. The number of rotatable bonds is 6.